The van der Waals surface area contributed by atoms with Crippen molar-refractivity contribution in [1.82, 2.24) is 19.9 Å². The average molecular weight is 388 g/mol. The van der Waals surface area contributed by atoms with Gasteiger partial charge in [0.25, 0.3) is 5.91 Å². The normalized spacial score (nSPS) is 15.1. The van der Waals surface area contributed by atoms with Crippen LogP contribution < -0.4 is 10.6 Å². The third kappa shape index (κ3) is 4.75. The molecule has 7 heteroatoms. The fourth-order valence-electron chi connectivity index (χ4n) is 3.44. The van der Waals surface area contributed by atoms with E-state index in [1.807, 2.05) is 36.4 Å². The predicted octanol–water partition coefficient (Wildman–Crippen LogP) is 3.30. The Hall–Kier alpha value is -3.32. The molecular formula is C22H24N6O. The minimum absolute atomic E-state index is 0.288. The largest absolute Gasteiger partial charge is 0.351 e. The summed E-state index contributed by atoms with van der Waals surface area (Å²) in [5.41, 5.74) is 2.88. The minimum atomic E-state index is -0.288. The Kier molecular flexibility index (Phi) is 5.76. The highest BCUT2D eigenvalue weighted by Crippen LogP contribution is 2.27. The van der Waals surface area contributed by atoms with Gasteiger partial charge in [-0.2, -0.15) is 0 Å². The van der Waals surface area contributed by atoms with Gasteiger partial charge in [0, 0.05) is 24.0 Å². The maximum atomic E-state index is 12.8. The Balaban J connectivity index is 1.48. The minimum Gasteiger partial charge on any atom is -0.351 e. The number of hydrogen-bond donors (Lipinski definition) is 2. The molecule has 148 valence electrons. The fourth-order valence-corrected chi connectivity index (χ4v) is 3.44. The van der Waals surface area contributed by atoms with Crippen LogP contribution in [-0.2, 0) is 0 Å². The topological polar surface area (TPSA) is 83.0 Å². The highest BCUT2D eigenvalue weighted by molar-refractivity contribution is 6.05. The Morgan fingerprint density at radius 3 is 2.66 bits per heavy atom. The van der Waals surface area contributed by atoms with Crippen molar-refractivity contribution in [2.45, 2.75) is 18.9 Å². The molecule has 0 saturated carbocycles. The number of carbonyl (C=O) groups is 1. The summed E-state index contributed by atoms with van der Waals surface area (Å²) in [5.74, 6) is 0.200. The fraction of sp³-hybridized carbons (Fsp3) is 0.273. The maximum absolute atomic E-state index is 12.8. The molecular weight excluding hydrogens is 364 g/mol. The first-order chi connectivity index (χ1) is 14.2. The van der Waals surface area contributed by atoms with E-state index in [2.05, 4.69) is 37.5 Å². The molecule has 29 heavy (non-hydrogen) atoms. The molecule has 0 bridgehead atoms. The summed E-state index contributed by atoms with van der Waals surface area (Å²) >= 11 is 0. The lowest BCUT2D eigenvalue weighted by Gasteiger charge is -2.29. The number of rotatable bonds is 5. The van der Waals surface area contributed by atoms with Crippen molar-refractivity contribution in [3.8, 4) is 11.1 Å². The lowest BCUT2D eigenvalue weighted by atomic mass is 10.1. The molecule has 2 aromatic heterocycles. The lowest BCUT2D eigenvalue weighted by Crippen LogP contribution is -2.37. The zero-order chi connectivity index (χ0) is 20.1. The highest BCUT2D eigenvalue weighted by atomic mass is 16.1. The molecule has 3 heterocycles. The summed E-state index contributed by atoms with van der Waals surface area (Å²) in [6.07, 6.45) is 7.05. The molecule has 0 aliphatic carbocycles. The Morgan fingerprint density at radius 2 is 1.86 bits per heavy atom. The number of aromatic nitrogens is 3. The number of nitrogens with one attached hydrogen (secondary N) is 2. The van der Waals surface area contributed by atoms with Crippen LogP contribution in [0.1, 0.15) is 23.3 Å². The van der Waals surface area contributed by atoms with E-state index in [1.54, 1.807) is 24.7 Å². The molecule has 0 radical (unpaired) electrons. The van der Waals surface area contributed by atoms with E-state index < -0.39 is 0 Å². The third-order valence-electron chi connectivity index (χ3n) is 5.09. The zero-order valence-electron chi connectivity index (χ0n) is 16.4. The van der Waals surface area contributed by atoms with E-state index in [4.69, 9.17) is 0 Å². The van der Waals surface area contributed by atoms with Gasteiger partial charge in [0.1, 0.15) is 5.69 Å². The smallest absolute Gasteiger partial charge is 0.274 e. The van der Waals surface area contributed by atoms with E-state index >= 15 is 0 Å². The summed E-state index contributed by atoms with van der Waals surface area (Å²) in [6.45, 7) is 2.09. The van der Waals surface area contributed by atoms with Crippen LogP contribution in [0.3, 0.4) is 0 Å². The van der Waals surface area contributed by atoms with Crippen molar-refractivity contribution in [1.29, 1.82) is 0 Å². The van der Waals surface area contributed by atoms with Gasteiger partial charge in [-0.05, 0) is 50.7 Å². The van der Waals surface area contributed by atoms with Crippen molar-refractivity contribution in [3.05, 3.63) is 66.7 Å². The van der Waals surface area contributed by atoms with Gasteiger partial charge in [0.15, 0.2) is 0 Å². The SMILES string of the molecule is CN1CCC(Nc2nccc(C(=O)Nc3cnccc3-c3ccccc3)n2)CC1. The molecule has 0 spiro atoms. The van der Waals surface area contributed by atoms with Crippen molar-refractivity contribution in [2.75, 3.05) is 30.8 Å². The molecule has 7 nitrogen and oxygen atoms in total. The number of amides is 1. The molecule has 1 amide bonds. The first-order valence-electron chi connectivity index (χ1n) is 9.78. The number of piperidine rings is 1. The van der Waals surface area contributed by atoms with E-state index in [-0.39, 0.29) is 5.91 Å². The van der Waals surface area contributed by atoms with Crippen molar-refractivity contribution >= 4 is 17.5 Å². The first-order valence-corrected chi connectivity index (χ1v) is 9.78. The van der Waals surface area contributed by atoms with Crippen molar-refractivity contribution in [2.24, 2.45) is 0 Å². The van der Waals surface area contributed by atoms with Gasteiger partial charge in [-0.15, -0.1) is 0 Å². The molecule has 1 aromatic carbocycles. The molecule has 2 N–H and O–H groups in total. The average Bonchev–Trinajstić information content (AvgIpc) is 2.76. The number of likely N-dealkylation sites (tertiary alicyclic amines) is 1. The summed E-state index contributed by atoms with van der Waals surface area (Å²) in [5, 5.41) is 6.29. The van der Waals surface area contributed by atoms with E-state index in [0.717, 1.165) is 37.1 Å². The van der Waals surface area contributed by atoms with Crippen LogP contribution >= 0.6 is 0 Å². The number of pyridine rings is 1. The van der Waals surface area contributed by atoms with Crippen LogP contribution in [-0.4, -0.2) is 51.9 Å². The summed E-state index contributed by atoms with van der Waals surface area (Å²) in [4.78, 5) is 28.0. The van der Waals surface area contributed by atoms with Crippen LogP contribution in [0.5, 0.6) is 0 Å². The molecule has 3 aromatic rings. The second-order valence-electron chi connectivity index (χ2n) is 7.23. The van der Waals surface area contributed by atoms with Crippen LogP contribution in [0, 0.1) is 0 Å². The van der Waals surface area contributed by atoms with Crippen LogP contribution in [0.2, 0.25) is 0 Å². The van der Waals surface area contributed by atoms with Crippen molar-refractivity contribution in [3.63, 3.8) is 0 Å². The molecule has 1 aliphatic heterocycles. The third-order valence-corrected chi connectivity index (χ3v) is 5.09. The van der Waals surface area contributed by atoms with Crippen molar-refractivity contribution < 1.29 is 4.79 Å². The van der Waals surface area contributed by atoms with Gasteiger partial charge in [-0.1, -0.05) is 30.3 Å². The number of carbonyl (C=O) groups excluding carboxylic acids is 1. The van der Waals surface area contributed by atoms with E-state index in [9.17, 15) is 4.79 Å². The quantitative estimate of drug-likeness (QED) is 0.698. The molecule has 0 atom stereocenters. The lowest BCUT2D eigenvalue weighted by molar-refractivity contribution is 0.102. The highest BCUT2D eigenvalue weighted by Gasteiger charge is 2.18. The Labute approximate surface area is 170 Å². The van der Waals surface area contributed by atoms with Crippen LogP contribution in [0.4, 0.5) is 11.6 Å². The van der Waals surface area contributed by atoms with Gasteiger partial charge < -0.3 is 15.5 Å². The van der Waals surface area contributed by atoms with Gasteiger partial charge in [0.05, 0.1) is 11.9 Å². The molecule has 1 saturated heterocycles. The summed E-state index contributed by atoms with van der Waals surface area (Å²) < 4.78 is 0. The number of benzene rings is 1. The van der Waals surface area contributed by atoms with Crippen LogP contribution in [0.15, 0.2) is 61.1 Å². The number of anilines is 2. The zero-order valence-corrected chi connectivity index (χ0v) is 16.4. The predicted molar refractivity (Wildman–Crippen MR) is 114 cm³/mol. The number of hydrogen-bond acceptors (Lipinski definition) is 6. The van der Waals surface area contributed by atoms with Crippen LogP contribution in [0.25, 0.3) is 11.1 Å². The van der Waals surface area contributed by atoms with Gasteiger partial charge in [0.2, 0.25) is 5.95 Å². The monoisotopic (exact) mass is 388 g/mol. The Bertz CT molecular complexity index is 970. The molecule has 0 unspecified atom stereocenters. The summed E-state index contributed by atoms with van der Waals surface area (Å²) in [6, 6.07) is 13.7. The number of nitrogens with zero attached hydrogens (tertiary/aromatic N) is 4. The van der Waals surface area contributed by atoms with Gasteiger partial charge >= 0.3 is 0 Å². The van der Waals surface area contributed by atoms with Gasteiger partial charge in [-0.3, -0.25) is 9.78 Å². The molecule has 1 fully saturated rings. The van der Waals surface area contributed by atoms with Gasteiger partial charge in [-0.25, -0.2) is 9.97 Å². The maximum Gasteiger partial charge on any atom is 0.274 e. The van der Waals surface area contributed by atoms with E-state index in [0.29, 0.717) is 23.4 Å². The summed E-state index contributed by atoms with van der Waals surface area (Å²) in [7, 11) is 2.12. The van der Waals surface area contributed by atoms with E-state index in [1.165, 1.54) is 0 Å². The second kappa shape index (κ2) is 8.79. The Morgan fingerprint density at radius 1 is 1.07 bits per heavy atom. The molecule has 4 rings (SSSR count). The second-order valence-corrected chi connectivity index (χ2v) is 7.23. The first kappa shape index (κ1) is 19.0. The molecule has 1 aliphatic rings. The standard InChI is InChI=1S/C22H24N6O/c1-28-13-9-17(10-14-28)25-22-24-12-8-19(27-22)21(29)26-20-15-23-11-7-18(20)16-5-3-2-4-6-16/h2-8,11-12,15,17H,9-10,13-14H2,1H3,(H,26,29)(H,24,25,27).